The van der Waals surface area contributed by atoms with Crippen LogP contribution in [0.4, 0.5) is 4.79 Å². The number of ketones is 1. The van der Waals surface area contributed by atoms with Gasteiger partial charge in [0.05, 0.1) is 30.5 Å². The topological polar surface area (TPSA) is 228 Å². The maximum Gasteiger partial charge on any atom is 0.338 e. The molecule has 16 heteroatoms. The number of Topliss-reactive ketones (excluding diaryl/α,β-unsaturated/α-hetero) is 1. The van der Waals surface area contributed by atoms with Gasteiger partial charge in [-0.15, -0.1) is 0 Å². The Morgan fingerprint density at radius 3 is 2.37 bits per heavy atom. The second-order valence-corrected chi connectivity index (χ2v) is 16.1. The number of thioether (sulfide) groups is 1. The van der Waals surface area contributed by atoms with Crippen molar-refractivity contribution in [1.82, 2.24) is 5.32 Å². The molecule has 4 aliphatic rings. The van der Waals surface area contributed by atoms with Crippen molar-refractivity contribution in [3.05, 3.63) is 35.3 Å². The number of amides is 1. The summed E-state index contributed by atoms with van der Waals surface area (Å²) in [5.74, 6) is -4.59. The van der Waals surface area contributed by atoms with Crippen molar-refractivity contribution < 1.29 is 67.8 Å². The first-order valence-electron chi connectivity index (χ1n) is 17.5. The van der Waals surface area contributed by atoms with Crippen LogP contribution in [0.2, 0.25) is 0 Å². The van der Waals surface area contributed by atoms with Gasteiger partial charge in [0.2, 0.25) is 0 Å². The molecule has 2 heterocycles. The lowest BCUT2D eigenvalue weighted by molar-refractivity contribution is -0.346. The summed E-state index contributed by atoms with van der Waals surface area (Å²) in [6.45, 7) is 9.93. The largest absolute Gasteiger partial charge is 0.467 e. The number of esters is 3. The summed E-state index contributed by atoms with van der Waals surface area (Å²) >= 11 is 0.974. The van der Waals surface area contributed by atoms with Crippen LogP contribution in [-0.4, -0.2) is 110 Å². The number of nitrogens with one attached hydrogen (secondary N) is 1. The molecular formula is C36H49NO14S. The second kappa shape index (κ2) is 14.5. The van der Waals surface area contributed by atoms with E-state index in [1.165, 1.54) is 32.2 Å². The van der Waals surface area contributed by atoms with E-state index in [-0.39, 0.29) is 29.9 Å². The average molecular weight is 752 g/mol. The second-order valence-electron chi connectivity index (χ2n) is 15.0. The molecule has 2 saturated carbocycles. The predicted molar refractivity (Wildman–Crippen MR) is 182 cm³/mol. The number of carbonyl (C=O) groups is 5. The third-order valence-electron chi connectivity index (χ3n) is 11.6. The minimum atomic E-state index is -2.31. The number of furan rings is 1. The smallest absolute Gasteiger partial charge is 0.338 e. The molecule has 0 spiro atoms. The van der Waals surface area contributed by atoms with Crippen molar-refractivity contribution in [3.8, 4) is 0 Å². The minimum absolute atomic E-state index is 0.0244. The number of carbonyl (C=O) groups excluding carboxylic acids is 5. The number of ether oxygens (including phenoxy) is 4. The van der Waals surface area contributed by atoms with Crippen molar-refractivity contribution in [2.75, 3.05) is 12.4 Å². The third kappa shape index (κ3) is 6.38. The number of hydrogen-bond acceptors (Lipinski definition) is 15. The summed E-state index contributed by atoms with van der Waals surface area (Å²) in [6.07, 6.45) is -7.27. The minimum Gasteiger partial charge on any atom is -0.467 e. The highest BCUT2D eigenvalue weighted by Crippen LogP contribution is 2.63. The monoisotopic (exact) mass is 751 g/mol. The number of fused-ring (bicyclic) bond motifs is 5. The Balaban J connectivity index is 1.60. The lowest BCUT2D eigenvalue weighted by Gasteiger charge is -2.67. The van der Waals surface area contributed by atoms with E-state index in [0.29, 0.717) is 5.75 Å². The van der Waals surface area contributed by atoms with E-state index in [9.17, 15) is 44.4 Å². The van der Waals surface area contributed by atoms with Crippen molar-refractivity contribution in [2.45, 2.75) is 128 Å². The normalized spacial score (nSPS) is 36.1. The van der Waals surface area contributed by atoms with E-state index in [1.54, 1.807) is 13.8 Å². The highest BCUT2D eigenvalue weighted by Gasteiger charge is 2.77. The maximum atomic E-state index is 14.9. The zero-order chi connectivity index (χ0) is 38.6. The molecular weight excluding hydrogens is 702 g/mol. The molecule has 1 aliphatic heterocycles. The van der Waals surface area contributed by atoms with Crippen LogP contribution in [0.3, 0.4) is 0 Å². The Labute approximate surface area is 305 Å². The van der Waals surface area contributed by atoms with Crippen molar-refractivity contribution in [3.63, 3.8) is 0 Å². The Hall–Kier alpha value is -3.28. The Bertz CT molecular complexity index is 1610. The summed E-state index contributed by atoms with van der Waals surface area (Å²) in [6, 6.07) is 1.62. The molecule has 5 rings (SSSR count). The van der Waals surface area contributed by atoms with Crippen molar-refractivity contribution >= 4 is 40.7 Å². The molecule has 2 bridgehead atoms. The van der Waals surface area contributed by atoms with Gasteiger partial charge in [0, 0.05) is 43.8 Å². The molecule has 0 unspecified atom stereocenters. The summed E-state index contributed by atoms with van der Waals surface area (Å²) in [5.41, 5.74) is -7.28. The molecule has 3 fully saturated rings. The van der Waals surface area contributed by atoms with Gasteiger partial charge in [0.25, 0.3) is 5.24 Å². The van der Waals surface area contributed by atoms with Crippen LogP contribution in [0.1, 0.15) is 86.0 Å². The number of aliphatic hydroxyl groups is 4. The fraction of sp³-hybridized carbons (Fsp3) is 0.694. The fourth-order valence-electron chi connectivity index (χ4n) is 8.74. The van der Waals surface area contributed by atoms with E-state index in [2.05, 4.69) is 5.32 Å². The molecule has 0 radical (unpaired) electrons. The summed E-state index contributed by atoms with van der Waals surface area (Å²) < 4.78 is 28.5. The van der Waals surface area contributed by atoms with Gasteiger partial charge in [0.15, 0.2) is 23.6 Å². The van der Waals surface area contributed by atoms with Gasteiger partial charge in [0.1, 0.15) is 29.6 Å². The molecule has 15 nitrogen and oxygen atoms in total. The molecule has 1 aromatic rings. The lowest BCUT2D eigenvalue weighted by atomic mass is 9.44. The number of unbranched alkanes of at least 4 members (excludes halogenated alkanes) is 1. The molecule has 3 aliphatic carbocycles. The molecule has 1 aromatic heterocycles. The van der Waals surface area contributed by atoms with Crippen LogP contribution in [0.5, 0.6) is 0 Å². The first-order chi connectivity index (χ1) is 24.3. The van der Waals surface area contributed by atoms with Gasteiger partial charge < -0.3 is 49.1 Å². The predicted octanol–water partition coefficient (Wildman–Crippen LogP) is 2.28. The lowest BCUT2D eigenvalue weighted by Crippen LogP contribution is -2.81. The van der Waals surface area contributed by atoms with E-state index < -0.39 is 106 Å². The highest BCUT2D eigenvalue weighted by molar-refractivity contribution is 8.13. The van der Waals surface area contributed by atoms with Crippen molar-refractivity contribution in [1.29, 1.82) is 0 Å². The van der Waals surface area contributed by atoms with Gasteiger partial charge in [-0.1, -0.05) is 39.0 Å². The summed E-state index contributed by atoms with van der Waals surface area (Å²) in [7, 11) is 0. The van der Waals surface area contributed by atoms with Crippen LogP contribution in [-0.2, 0) is 38.1 Å². The van der Waals surface area contributed by atoms with Crippen LogP contribution < -0.4 is 5.32 Å². The Morgan fingerprint density at radius 1 is 1.12 bits per heavy atom. The fourth-order valence-corrected chi connectivity index (χ4v) is 9.56. The SMILES string of the molecule is CCCCSC(=O)N[C@@H](c1ccco1)[C@@H](O)C(=O)O[C@H]1C[C@@]2(O)[C@@H](O)[C@@H]3[C@]4(OC(C)=O)CO[C@@H]4C[C@H](O)[C@@]3(C)C(=O)[C@H](OC(C)=O)C(=C1C)C2(C)C. The number of aliphatic hydroxyl groups excluding tert-OH is 3. The zero-order valence-electron chi connectivity index (χ0n) is 30.4. The quantitative estimate of drug-likeness (QED) is 0.100. The maximum absolute atomic E-state index is 14.9. The van der Waals surface area contributed by atoms with Crippen LogP contribution in [0.15, 0.2) is 34.0 Å². The van der Waals surface area contributed by atoms with Gasteiger partial charge in [-0.25, -0.2) is 4.79 Å². The Morgan fingerprint density at radius 2 is 1.81 bits per heavy atom. The third-order valence-corrected chi connectivity index (χ3v) is 12.5. The average Bonchev–Trinajstić information content (AvgIpc) is 3.60. The molecule has 1 saturated heterocycles. The van der Waals surface area contributed by atoms with E-state index in [1.807, 2.05) is 6.92 Å². The van der Waals surface area contributed by atoms with Gasteiger partial charge in [-0.2, -0.15) is 0 Å². The zero-order valence-corrected chi connectivity index (χ0v) is 31.2. The standard InChI is InChI=1S/C36H49NO14S/c1-8-9-13-52-32(45)37-25(20-11-10-12-47-20)26(41)31(44)50-21-15-36(46)30(43)28-34(7,22(40)14-23-35(28,16-48-23)51-19(4)39)29(42)27(49-18(3)38)24(17(21)2)33(36,5)6/h10-12,21-23,25-28,30,40-41,43,46H,8-9,13-16H2,1-7H3,(H,37,45)/t21-,22-,23+,25-,26+,27+,28-,30-,34+,35-,36+/m0/s1. The number of rotatable bonds is 10. The van der Waals surface area contributed by atoms with Crippen LogP contribution in [0.25, 0.3) is 0 Å². The van der Waals surface area contributed by atoms with E-state index in [0.717, 1.165) is 38.5 Å². The molecule has 5 N–H and O–H groups in total. The number of hydrogen-bond donors (Lipinski definition) is 5. The highest BCUT2D eigenvalue weighted by atomic mass is 32.2. The first kappa shape index (κ1) is 39.9. The van der Waals surface area contributed by atoms with Gasteiger partial charge in [-0.05, 0) is 43.5 Å². The van der Waals surface area contributed by atoms with Crippen LogP contribution >= 0.6 is 11.8 Å². The van der Waals surface area contributed by atoms with Crippen molar-refractivity contribution in [2.24, 2.45) is 16.7 Å². The first-order valence-corrected chi connectivity index (χ1v) is 18.4. The van der Waals surface area contributed by atoms with E-state index >= 15 is 0 Å². The molecule has 1 amide bonds. The van der Waals surface area contributed by atoms with E-state index in [4.69, 9.17) is 23.4 Å². The van der Waals surface area contributed by atoms with Gasteiger partial charge in [-0.3, -0.25) is 19.2 Å². The summed E-state index contributed by atoms with van der Waals surface area (Å²) in [5, 5.41) is 50.3. The van der Waals surface area contributed by atoms with Gasteiger partial charge >= 0.3 is 17.9 Å². The molecule has 11 atom stereocenters. The molecule has 52 heavy (non-hydrogen) atoms. The molecule has 0 aromatic carbocycles. The summed E-state index contributed by atoms with van der Waals surface area (Å²) in [4.78, 5) is 66.6. The Kier molecular flexibility index (Phi) is 11.1. The molecule has 288 valence electrons. The van der Waals surface area contributed by atoms with Crippen LogP contribution in [0, 0.1) is 16.7 Å².